The SMILES string of the molecule is O=C(CBr)Cc1ccc(OCF)c(Br)c1. The first kappa shape index (κ1) is 12.6. The first-order valence-electron chi connectivity index (χ1n) is 4.22. The summed E-state index contributed by atoms with van der Waals surface area (Å²) in [5, 5.41) is 0.341. The Bertz CT molecular complexity index is 355. The maximum Gasteiger partial charge on any atom is 0.228 e. The van der Waals surface area contributed by atoms with Crippen molar-refractivity contribution in [2.45, 2.75) is 6.42 Å². The number of alkyl halides is 2. The van der Waals surface area contributed by atoms with E-state index in [0.717, 1.165) is 5.56 Å². The molecule has 0 radical (unpaired) electrons. The second-order valence-electron chi connectivity index (χ2n) is 2.87. The number of carbonyl (C=O) groups excluding carboxylic acids is 1. The Morgan fingerprint density at radius 2 is 2.20 bits per heavy atom. The van der Waals surface area contributed by atoms with Gasteiger partial charge in [-0.1, -0.05) is 22.0 Å². The monoisotopic (exact) mass is 338 g/mol. The van der Waals surface area contributed by atoms with Crippen molar-refractivity contribution in [1.82, 2.24) is 0 Å². The van der Waals surface area contributed by atoms with Crippen LogP contribution in [0.15, 0.2) is 22.7 Å². The molecule has 15 heavy (non-hydrogen) atoms. The molecule has 0 aliphatic heterocycles. The summed E-state index contributed by atoms with van der Waals surface area (Å²) in [7, 11) is 0. The maximum atomic E-state index is 11.9. The molecule has 1 aromatic rings. The van der Waals surface area contributed by atoms with Crippen LogP contribution in [-0.2, 0) is 11.2 Å². The highest BCUT2D eigenvalue weighted by atomic mass is 79.9. The number of benzene rings is 1. The van der Waals surface area contributed by atoms with E-state index in [9.17, 15) is 9.18 Å². The highest BCUT2D eigenvalue weighted by Crippen LogP contribution is 2.26. The number of halogens is 3. The lowest BCUT2D eigenvalue weighted by atomic mass is 10.1. The van der Waals surface area contributed by atoms with Gasteiger partial charge < -0.3 is 4.74 Å². The molecule has 82 valence electrons. The van der Waals surface area contributed by atoms with Crippen LogP contribution < -0.4 is 4.74 Å². The van der Waals surface area contributed by atoms with Crippen molar-refractivity contribution >= 4 is 37.6 Å². The summed E-state index contributed by atoms with van der Waals surface area (Å²) in [5.41, 5.74) is 0.873. The zero-order valence-corrected chi connectivity index (χ0v) is 11.0. The van der Waals surface area contributed by atoms with Crippen molar-refractivity contribution in [3.05, 3.63) is 28.2 Å². The second kappa shape index (κ2) is 6.23. The van der Waals surface area contributed by atoms with E-state index in [1.165, 1.54) is 0 Å². The normalized spacial score (nSPS) is 10.1. The number of Topliss-reactive ketones (excluding diaryl/α,β-unsaturated/α-hetero) is 1. The fourth-order valence-electron chi connectivity index (χ4n) is 1.11. The Morgan fingerprint density at radius 1 is 1.47 bits per heavy atom. The van der Waals surface area contributed by atoms with Gasteiger partial charge in [-0.05, 0) is 33.6 Å². The van der Waals surface area contributed by atoms with Crippen molar-refractivity contribution in [2.24, 2.45) is 0 Å². The molecule has 0 bridgehead atoms. The molecule has 1 aromatic carbocycles. The first-order valence-corrected chi connectivity index (χ1v) is 6.13. The minimum absolute atomic E-state index is 0.0982. The lowest BCUT2D eigenvalue weighted by Crippen LogP contribution is -2.03. The Labute approximate surface area is 104 Å². The molecule has 0 aliphatic rings. The summed E-state index contributed by atoms with van der Waals surface area (Å²) in [5.74, 6) is 0.536. The molecule has 0 aromatic heterocycles. The van der Waals surface area contributed by atoms with Gasteiger partial charge in [-0.2, -0.15) is 0 Å². The molecule has 0 saturated heterocycles. The van der Waals surface area contributed by atoms with Crippen LogP contribution in [0.3, 0.4) is 0 Å². The van der Waals surface area contributed by atoms with Gasteiger partial charge in [0.2, 0.25) is 6.86 Å². The minimum Gasteiger partial charge on any atom is -0.462 e. The first-order chi connectivity index (χ1) is 7.17. The van der Waals surface area contributed by atoms with Crippen molar-refractivity contribution in [3.63, 3.8) is 0 Å². The smallest absolute Gasteiger partial charge is 0.228 e. The lowest BCUT2D eigenvalue weighted by Gasteiger charge is -2.06. The van der Waals surface area contributed by atoms with E-state index in [1.807, 2.05) is 0 Å². The molecule has 2 nitrogen and oxygen atoms in total. The molecule has 0 heterocycles. The van der Waals surface area contributed by atoms with Crippen molar-refractivity contribution in [2.75, 3.05) is 12.2 Å². The van der Waals surface area contributed by atoms with Crippen LogP contribution >= 0.6 is 31.9 Å². The van der Waals surface area contributed by atoms with Crippen LogP contribution in [-0.4, -0.2) is 18.0 Å². The zero-order chi connectivity index (χ0) is 11.3. The summed E-state index contributed by atoms with van der Waals surface area (Å²) in [6, 6.07) is 5.14. The molecule has 0 unspecified atom stereocenters. The van der Waals surface area contributed by atoms with Crippen LogP contribution in [0.1, 0.15) is 5.56 Å². The van der Waals surface area contributed by atoms with E-state index in [1.54, 1.807) is 18.2 Å². The third kappa shape index (κ3) is 3.91. The quantitative estimate of drug-likeness (QED) is 0.770. The van der Waals surface area contributed by atoms with Gasteiger partial charge in [-0.15, -0.1) is 0 Å². The van der Waals surface area contributed by atoms with Crippen LogP contribution in [0.25, 0.3) is 0 Å². The average Bonchev–Trinajstić information content (AvgIpc) is 2.22. The number of ketones is 1. The third-order valence-electron chi connectivity index (χ3n) is 1.76. The van der Waals surface area contributed by atoms with E-state index in [-0.39, 0.29) is 5.78 Å². The Hall–Kier alpha value is -0.420. The average molecular weight is 340 g/mol. The molecule has 0 N–H and O–H groups in total. The Kier molecular flexibility index (Phi) is 5.25. The predicted octanol–water partition coefficient (Wildman–Crippen LogP) is 3.26. The highest BCUT2D eigenvalue weighted by Gasteiger charge is 2.05. The molecular weight excluding hydrogens is 331 g/mol. The number of carbonyl (C=O) groups is 1. The van der Waals surface area contributed by atoms with Gasteiger partial charge in [-0.3, -0.25) is 4.79 Å². The molecule has 0 spiro atoms. The number of ether oxygens (including phenoxy) is 1. The van der Waals surface area contributed by atoms with E-state index < -0.39 is 6.86 Å². The standard InChI is InChI=1S/C10H9Br2FO2/c11-5-8(14)3-7-1-2-10(15-6-13)9(12)4-7/h1-2,4H,3,5-6H2. The maximum absolute atomic E-state index is 11.9. The van der Waals surface area contributed by atoms with E-state index in [2.05, 4.69) is 31.9 Å². The van der Waals surface area contributed by atoms with Gasteiger partial charge >= 0.3 is 0 Å². The molecule has 0 atom stereocenters. The molecule has 5 heteroatoms. The van der Waals surface area contributed by atoms with Gasteiger partial charge in [-0.25, -0.2) is 4.39 Å². The second-order valence-corrected chi connectivity index (χ2v) is 4.28. The van der Waals surface area contributed by atoms with Gasteiger partial charge in [0, 0.05) is 6.42 Å². The fourth-order valence-corrected chi connectivity index (χ4v) is 1.84. The van der Waals surface area contributed by atoms with Crippen LogP contribution in [0.4, 0.5) is 4.39 Å². The lowest BCUT2D eigenvalue weighted by molar-refractivity contribution is -0.115. The summed E-state index contributed by atoms with van der Waals surface area (Å²) in [6.45, 7) is -0.863. The number of rotatable bonds is 5. The Morgan fingerprint density at radius 3 is 2.73 bits per heavy atom. The van der Waals surface area contributed by atoms with Crippen molar-refractivity contribution in [3.8, 4) is 5.75 Å². The van der Waals surface area contributed by atoms with Crippen LogP contribution in [0.5, 0.6) is 5.75 Å². The zero-order valence-electron chi connectivity index (χ0n) is 7.80. The van der Waals surface area contributed by atoms with Gasteiger partial charge in [0.15, 0.2) is 0 Å². The van der Waals surface area contributed by atoms with E-state index >= 15 is 0 Å². The van der Waals surface area contributed by atoms with Crippen LogP contribution in [0.2, 0.25) is 0 Å². The molecule has 1 rings (SSSR count). The minimum atomic E-state index is -0.863. The van der Waals surface area contributed by atoms with E-state index in [0.29, 0.717) is 22.0 Å². The molecule has 0 fully saturated rings. The molecule has 0 saturated carbocycles. The van der Waals surface area contributed by atoms with Gasteiger partial charge in [0.1, 0.15) is 11.5 Å². The highest BCUT2D eigenvalue weighted by molar-refractivity contribution is 9.10. The van der Waals surface area contributed by atoms with Crippen LogP contribution in [0, 0.1) is 0 Å². The summed E-state index contributed by atoms with van der Waals surface area (Å²) in [4.78, 5) is 11.1. The van der Waals surface area contributed by atoms with E-state index in [4.69, 9.17) is 4.74 Å². The van der Waals surface area contributed by atoms with Gasteiger partial charge in [0.05, 0.1) is 9.80 Å². The predicted molar refractivity (Wildman–Crippen MR) is 63.3 cm³/mol. The molecule has 0 amide bonds. The fraction of sp³-hybridized carbons (Fsp3) is 0.300. The molecule has 0 aliphatic carbocycles. The summed E-state index contributed by atoms with van der Waals surface area (Å²) >= 11 is 6.34. The third-order valence-corrected chi connectivity index (χ3v) is 3.00. The topological polar surface area (TPSA) is 26.3 Å². The number of hydrogen-bond donors (Lipinski definition) is 0. The summed E-state index contributed by atoms with van der Waals surface area (Å²) in [6.07, 6.45) is 0.361. The van der Waals surface area contributed by atoms with Crippen molar-refractivity contribution in [1.29, 1.82) is 0 Å². The number of hydrogen-bond acceptors (Lipinski definition) is 2. The Balaban J connectivity index is 2.77. The van der Waals surface area contributed by atoms with Crippen molar-refractivity contribution < 1.29 is 13.9 Å². The largest absolute Gasteiger partial charge is 0.462 e. The molecular formula is C10H9Br2FO2. The van der Waals surface area contributed by atoms with Gasteiger partial charge in [0.25, 0.3) is 0 Å². The summed E-state index contributed by atoms with van der Waals surface area (Å²) < 4.78 is 17.3.